The lowest BCUT2D eigenvalue weighted by molar-refractivity contribution is -0.384. The summed E-state index contributed by atoms with van der Waals surface area (Å²) >= 11 is 0. The van der Waals surface area contributed by atoms with Crippen LogP contribution in [0.2, 0.25) is 0 Å². The molecule has 0 atom stereocenters. The minimum absolute atomic E-state index is 0.0523. The zero-order valence-electron chi connectivity index (χ0n) is 12.2. The van der Waals surface area contributed by atoms with E-state index in [1.807, 2.05) is 31.2 Å². The molecular formula is C15H17N3O4. The van der Waals surface area contributed by atoms with E-state index in [4.69, 9.17) is 9.47 Å². The van der Waals surface area contributed by atoms with Crippen LogP contribution in [0.4, 0.5) is 11.5 Å². The van der Waals surface area contributed by atoms with Crippen molar-refractivity contribution in [2.45, 2.75) is 6.92 Å². The summed E-state index contributed by atoms with van der Waals surface area (Å²) in [6.07, 6.45) is 1.50. The molecule has 0 bridgehead atoms. The molecule has 0 aliphatic carbocycles. The highest BCUT2D eigenvalue weighted by molar-refractivity contribution is 5.54. The average molecular weight is 303 g/mol. The van der Waals surface area contributed by atoms with Gasteiger partial charge in [0.2, 0.25) is 5.82 Å². The first-order chi connectivity index (χ1) is 10.7. The van der Waals surface area contributed by atoms with E-state index >= 15 is 0 Å². The molecule has 0 aliphatic rings. The molecule has 1 aromatic carbocycles. The molecule has 0 amide bonds. The molecule has 0 unspecified atom stereocenters. The van der Waals surface area contributed by atoms with Gasteiger partial charge in [-0.25, -0.2) is 4.98 Å². The third kappa shape index (κ3) is 4.34. The van der Waals surface area contributed by atoms with Crippen molar-refractivity contribution in [2.24, 2.45) is 0 Å². The van der Waals surface area contributed by atoms with Crippen molar-refractivity contribution >= 4 is 11.5 Å². The number of benzene rings is 1. The van der Waals surface area contributed by atoms with E-state index < -0.39 is 4.92 Å². The van der Waals surface area contributed by atoms with E-state index in [-0.39, 0.29) is 11.5 Å². The van der Waals surface area contributed by atoms with Crippen LogP contribution in [0.15, 0.2) is 42.6 Å². The zero-order valence-corrected chi connectivity index (χ0v) is 12.2. The van der Waals surface area contributed by atoms with Gasteiger partial charge in [-0.3, -0.25) is 10.1 Å². The van der Waals surface area contributed by atoms with Gasteiger partial charge in [-0.15, -0.1) is 0 Å². The third-order valence-corrected chi connectivity index (χ3v) is 2.78. The van der Waals surface area contributed by atoms with Crippen molar-refractivity contribution in [1.29, 1.82) is 0 Å². The van der Waals surface area contributed by atoms with Gasteiger partial charge in [0, 0.05) is 12.3 Å². The molecule has 0 saturated carbocycles. The van der Waals surface area contributed by atoms with Crippen LogP contribution in [0.3, 0.4) is 0 Å². The largest absolute Gasteiger partial charge is 0.494 e. The number of nitrogens with one attached hydrogen (secondary N) is 1. The number of ether oxygens (including phenoxy) is 2. The van der Waals surface area contributed by atoms with Crippen molar-refractivity contribution in [3.63, 3.8) is 0 Å². The molecule has 116 valence electrons. The number of anilines is 1. The molecule has 0 radical (unpaired) electrons. The fourth-order valence-corrected chi connectivity index (χ4v) is 1.82. The predicted molar refractivity (Wildman–Crippen MR) is 82.5 cm³/mol. The van der Waals surface area contributed by atoms with Crippen LogP contribution in [0.1, 0.15) is 6.92 Å². The molecule has 7 heteroatoms. The number of nitro groups is 1. The van der Waals surface area contributed by atoms with Gasteiger partial charge < -0.3 is 14.8 Å². The Morgan fingerprint density at radius 1 is 1.18 bits per heavy atom. The summed E-state index contributed by atoms with van der Waals surface area (Å²) in [4.78, 5) is 14.3. The molecule has 1 aromatic heterocycles. The topological polar surface area (TPSA) is 86.5 Å². The van der Waals surface area contributed by atoms with Gasteiger partial charge >= 0.3 is 5.69 Å². The first-order valence-corrected chi connectivity index (χ1v) is 6.89. The van der Waals surface area contributed by atoms with Crippen LogP contribution < -0.4 is 14.8 Å². The maximum absolute atomic E-state index is 10.8. The van der Waals surface area contributed by atoms with E-state index in [2.05, 4.69) is 10.3 Å². The number of pyridine rings is 1. The summed E-state index contributed by atoms with van der Waals surface area (Å²) in [7, 11) is 0. The quantitative estimate of drug-likeness (QED) is 0.458. The Kier molecular flexibility index (Phi) is 5.53. The van der Waals surface area contributed by atoms with Crippen molar-refractivity contribution < 1.29 is 14.4 Å². The number of aromatic nitrogens is 1. The lowest BCUT2D eigenvalue weighted by Crippen LogP contribution is -2.13. The second kappa shape index (κ2) is 7.82. The Morgan fingerprint density at radius 2 is 1.86 bits per heavy atom. The summed E-state index contributed by atoms with van der Waals surface area (Å²) in [5.74, 6) is 1.74. The first kappa shape index (κ1) is 15.6. The molecule has 0 aliphatic heterocycles. The number of rotatable bonds is 8. The first-order valence-electron chi connectivity index (χ1n) is 6.89. The third-order valence-electron chi connectivity index (χ3n) is 2.78. The molecule has 7 nitrogen and oxygen atoms in total. The molecule has 22 heavy (non-hydrogen) atoms. The molecule has 1 N–H and O–H groups in total. The van der Waals surface area contributed by atoms with Gasteiger partial charge in [0.05, 0.1) is 18.1 Å². The SMILES string of the molecule is CCOc1ccc(OCCNc2ncccc2[N+](=O)[O-])cc1. The number of hydrogen-bond donors (Lipinski definition) is 1. The van der Waals surface area contributed by atoms with Crippen LogP contribution in [-0.4, -0.2) is 29.7 Å². The second-order valence-electron chi connectivity index (χ2n) is 4.31. The smallest absolute Gasteiger partial charge is 0.311 e. The van der Waals surface area contributed by atoms with Gasteiger partial charge in [0.15, 0.2) is 0 Å². The van der Waals surface area contributed by atoms with E-state index in [1.54, 1.807) is 0 Å². The Balaban J connectivity index is 1.81. The van der Waals surface area contributed by atoms with Crippen LogP contribution in [0.5, 0.6) is 11.5 Å². The highest BCUT2D eigenvalue weighted by Crippen LogP contribution is 2.20. The van der Waals surface area contributed by atoms with Crippen LogP contribution in [-0.2, 0) is 0 Å². The Morgan fingerprint density at radius 3 is 2.50 bits per heavy atom. The van der Waals surface area contributed by atoms with Crippen LogP contribution >= 0.6 is 0 Å². The molecule has 0 saturated heterocycles. The molecule has 2 rings (SSSR count). The Hall–Kier alpha value is -2.83. The number of hydrogen-bond acceptors (Lipinski definition) is 6. The Labute approximate surface area is 128 Å². The molecule has 0 spiro atoms. The van der Waals surface area contributed by atoms with Gasteiger partial charge in [-0.05, 0) is 37.3 Å². The molecule has 2 aromatic rings. The van der Waals surface area contributed by atoms with Crippen LogP contribution in [0, 0.1) is 10.1 Å². The normalized spacial score (nSPS) is 10.0. The summed E-state index contributed by atoms with van der Waals surface area (Å²) in [6.45, 7) is 3.31. The minimum atomic E-state index is -0.470. The predicted octanol–water partition coefficient (Wildman–Crippen LogP) is 2.88. The fraction of sp³-hybridized carbons (Fsp3) is 0.267. The monoisotopic (exact) mass is 303 g/mol. The summed E-state index contributed by atoms with van der Waals surface area (Å²) in [5.41, 5.74) is -0.0523. The standard InChI is InChI=1S/C15H17N3O4/c1-2-21-12-5-7-13(8-6-12)22-11-10-17-15-14(18(19)20)4-3-9-16-15/h3-9H,2,10-11H2,1H3,(H,16,17). The highest BCUT2D eigenvalue weighted by Gasteiger charge is 2.12. The Bertz CT molecular complexity index is 616. The summed E-state index contributed by atoms with van der Waals surface area (Å²) in [6, 6.07) is 10.2. The molecular weight excluding hydrogens is 286 g/mol. The van der Waals surface area contributed by atoms with Crippen LogP contribution in [0.25, 0.3) is 0 Å². The average Bonchev–Trinajstić information content (AvgIpc) is 2.53. The van der Waals surface area contributed by atoms with E-state index in [9.17, 15) is 10.1 Å². The van der Waals surface area contributed by atoms with E-state index in [0.29, 0.717) is 25.5 Å². The summed E-state index contributed by atoms with van der Waals surface area (Å²) < 4.78 is 10.9. The van der Waals surface area contributed by atoms with Gasteiger partial charge in [0.1, 0.15) is 18.1 Å². The number of nitrogens with zero attached hydrogens (tertiary/aromatic N) is 2. The maximum Gasteiger partial charge on any atom is 0.311 e. The highest BCUT2D eigenvalue weighted by atomic mass is 16.6. The van der Waals surface area contributed by atoms with Crippen molar-refractivity contribution in [2.75, 3.05) is 25.1 Å². The van der Waals surface area contributed by atoms with Crippen molar-refractivity contribution in [1.82, 2.24) is 4.98 Å². The fourth-order valence-electron chi connectivity index (χ4n) is 1.82. The van der Waals surface area contributed by atoms with E-state index in [1.165, 1.54) is 18.3 Å². The van der Waals surface area contributed by atoms with Gasteiger partial charge in [-0.1, -0.05) is 0 Å². The lowest BCUT2D eigenvalue weighted by Gasteiger charge is -2.09. The minimum Gasteiger partial charge on any atom is -0.494 e. The second-order valence-corrected chi connectivity index (χ2v) is 4.31. The van der Waals surface area contributed by atoms with Gasteiger partial charge in [-0.2, -0.15) is 0 Å². The molecule has 1 heterocycles. The van der Waals surface area contributed by atoms with Gasteiger partial charge in [0.25, 0.3) is 0 Å². The van der Waals surface area contributed by atoms with Crippen molar-refractivity contribution in [3.05, 3.63) is 52.7 Å². The molecule has 0 fully saturated rings. The van der Waals surface area contributed by atoms with Crippen molar-refractivity contribution in [3.8, 4) is 11.5 Å². The maximum atomic E-state index is 10.8. The van der Waals surface area contributed by atoms with E-state index in [0.717, 1.165) is 5.75 Å². The zero-order chi connectivity index (χ0) is 15.8. The summed E-state index contributed by atoms with van der Waals surface area (Å²) in [5, 5.41) is 13.7. The lowest BCUT2D eigenvalue weighted by atomic mass is 10.3.